The van der Waals surface area contributed by atoms with E-state index in [1.54, 1.807) is 24.3 Å². The number of benzene rings is 2. The van der Waals surface area contributed by atoms with E-state index >= 15 is 0 Å². The summed E-state index contributed by atoms with van der Waals surface area (Å²) >= 11 is 0. The van der Waals surface area contributed by atoms with Crippen LogP contribution in [0, 0.1) is 0 Å². The maximum absolute atomic E-state index is 13.1. The molecule has 7 heteroatoms. The molecule has 0 aromatic heterocycles. The second-order valence-electron chi connectivity index (χ2n) is 4.58. The van der Waals surface area contributed by atoms with Crippen LogP contribution in [-0.4, -0.2) is 21.2 Å². The molecule has 0 spiro atoms. The third kappa shape index (κ3) is 3.66. The van der Waals surface area contributed by atoms with Crippen molar-refractivity contribution in [2.24, 2.45) is 0 Å². The molecule has 0 amide bonds. The zero-order chi connectivity index (χ0) is 16.2. The lowest BCUT2D eigenvalue weighted by atomic mass is 9.79. The first-order chi connectivity index (χ1) is 10.5. The Morgan fingerprint density at radius 1 is 0.909 bits per heavy atom. The summed E-state index contributed by atoms with van der Waals surface area (Å²) in [6.07, 6.45) is 0. The first kappa shape index (κ1) is 16.1. The van der Waals surface area contributed by atoms with Gasteiger partial charge in [0.15, 0.2) is 0 Å². The molecule has 0 fully saturated rings. The van der Waals surface area contributed by atoms with Gasteiger partial charge in [-0.15, -0.1) is 0 Å². The second kappa shape index (κ2) is 6.64. The lowest BCUT2D eigenvalue weighted by Gasteiger charge is -2.21. The standard InChI is InChI=1S/C15H15BF3O3/c1-20-12-7-8-15(13(9-12)16(17,18)19)22-10-11-5-3-4-6-14(11)21-2/h3-9H,10H2,1-2H3/q-1. The Hall–Kier alpha value is -2.31. The van der Waals surface area contributed by atoms with Crippen molar-refractivity contribution < 1.29 is 27.2 Å². The molecular formula is C15H15BF3O3-. The van der Waals surface area contributed by atoms with Crippen LogP contribution < -0.4 is 19.7 Å². The molecule has 0 N–H and O–H groups in total. The molecule has 0 atom stereocenters. The summed E-state index contributed by atoms with van der Waals surface area (Å²) in [6, 6.07) is 10.6. The van der Waals surface area contributed by atoms with Crippen LogP contribution in [0.1, 0.15) is 5.56 Å². The fourth-order valence-electron chi connectivity index (χ4n) is 2.02. The average molecular weight is 311 g/mol. The van der Waals surface area contributed by atoms with Crippen LogP contribution in [-0.2, 0) is 6.61 Å². The highest BCUT2D eigenvalue weighted by molar-refractivity contribution is 6.74. The SMILES string of the molecule is COc1ccc(OCc2ccccc2OC)c([B-](F)(F)F)c1. The Labute approximate surface area is 126 Å². The highest BCUT2D eigenvalue weighted by Gasteiger charge is 2.30. The maximum atomic E-state index is 13.1. The predicted molar refractivity (Wildman–Crippen MR) is 79.0 cm³/mol. The van der Waals surface area contributed by atoms with Crippen LogP contribution >= 0.6 is 0 Å². The number of hydrogen-bond acceptors (Lipinski definition) is 3. The summed E-state index contributed by atoms with van der Waals surface area (Å²) in [5, 5.41) is 0. The van der Waals surface area contributed by atoms with Gasteiger partial charge in [-0.25, -0.2) is 0 Å². The fourth-order valence-corrected chi connectivity index (χ4v) is 2.02. The number of halogens is 3. The van der Waals surface area contributed by atoms with Crippen LogP contribution in [0.4, 0.5) is 12.9 Å². The van der Waals surface area contributed by atoms with Gasteiger partial charge in [0.05, 0.1) is 20.0 Å². The molecule has 0 saturated heterocycles. The minimum Gasteiger partial charge on any atom is -0.497 e. The van der Waals surface area contributed by atoms with Gasteiger partial charge in [-0.1, -0.05) is 23.7 Å². The van der Waals surface area contributed by atoms with Crippen molar-refractivity contribution in [3.63, 3.8) is 0 Å². The van der Waals surface area contributed by atoms with Crippen LogP contribution in [0.25, 0.3) is 0 Å². The van der Waals surface area contributed by atoms with E-state index < -0.39 is 12.4 Å². The number of ether oxygens (including phenoxy) is 3. The van der Waals surface area contributed by atoms with Gasteiger partial charge in [0.2, 0.25) is 0 Å². The molecule has 0 aliphatic rings. The van der Waals surface area contributed by atoms with E-state index in [-0.39, 0.29) is 18.1 Å². The van der Waals surface area contributed by atoms with Gasteiger partial charge >= 0.3 is 6.98 Å². The Kier molecular flexibility index (Phi) is 4.85. The minimum absolute atomic E-state index is 0.0184. The van der Waals surface area contributed by atoms with Crippen LogP contribution in [0.2, 0.25) is 0 Å². The van der Waals surface area contributed by atoms with Crippen molar-refractivity contribution in [3.8, 4) is 17.2 Å². The summed E-state index contributed by atoms with van der Waals surface area (Å²) in [4.78, 5) is 0. The van der Waals surface area contributed by atoms with Crippen molar-refractivity contribution >= 4 is 12.4 Å². The summed E-state index contributed by atoms with van der Waals surface area (Å²) in [7, 11) is 2.81. The number of methoxy groups -OCH3 is 2. The van der Waals surface area contributed by atoms with Crippen LogP contribution in [0.5, 0.6) is 17.2 Å². The number of rotatable bonds is 6. The van der Waals surface area contributed by atoms with Crippen LogP contribution in [0.3, 0.4) is 0 Å². The smallest absolute Gasteiger partial charge is 0.497 e. The van der Waals surface area contributed by atoms with Gasteiger partial charge in [0.1, 0.15) is 18.1 Å². The van der Waals surface area contributed by atoms with Gasteiger partial charge in [0.25, 0.3) is 0 Å². The Balaban J connectivity index is 2.26. The summed E-state index contributed by atoms with van der Waals surface area (Å²) in [5.74, 6) is 0.480. The number of hydrogen-bond donors (Lipinski definition) is 0. The molecule has 3 nitrogen and oxygen atoms in total. The first-order valence-electron chi connectivity index (χ1n) is 6.58. The van der Waals surface area contributed by atoms with E-state index in [2.05, 4.69) is 0 Å². The van der Waals surface area contributed by atoms with E-state index in [1.807, 2.05) is 0 Å². The topological polar surface area (TPSA) is 27.7 Å². The van der Waals surface area contributed by atoms with Crippen molar-refractivity contribution in [2.45, 2.75) is 6.61 Å². The lowest BCUT2D eigenvalue weighted by molar-refractivity contribution is 0.297. The minimum atomic E-state index is -5.20. The third-order valence-electron chi connectivity index (χ3n) is 3.15. The molecule has 0 bridgehead atoms. The molecule has 118 valence electrons. The molecule has 0 radical (unpaired) electrons. The van der Waals surface area contributed by atoms with Crippen molar-refractivity contribution in [2.75, 3.05) is 14.2 Å². The Bertz CT molecular complexity index is 644. The van der Waals surface area contributed by atoms with E-state index in [4.69, 9.17) is 14.2 Å². The van der Waals surface area contributed by atoms with Crippen molar-refractivity contribution in [1.29, 1.82) is 0 Å². The highest BCUT2D eigenvalue weighted by Crippen LogP contribution is 2.24. The fraction of sp³-hybridized carbons (Fsp3) is 0.200. The largest absolute Gasteiger partial charge is 0.513 e. The molecule has 0 aliphatic carbocycles. The molecule has 0 heterocycles. The normalized spacial score (nSPS) is 11.1. The molecule has 2 rings (SSSR count). The highest BCUT2D eigenvalue weighted by atomic mass is 19.4. The Morgan fingerprint density at radius 3 is 2.27 bits per heavy atom. The Morgan fingerprint density at radius 2 is 1.64 bits per heavy atom. The van der Waals surface area contributed by atoms with Crippen molar-refractivity contribution in [3.05, 3.63) is 48.0 Å². The molecule has 22 heavy (non-hydrogen) atoms. The molecule has 0 unspecified atom stereocenters. The van der Waals surface area contributed by atoms with Gasteiger partial charge in [0, 0.05) is 5.56 Å². The molecule has 0 saturated carbocycles. The van der Waals surface area contributed by atoms with E-state index in [0.717, 1.165) is 6.07 Å². The molecule has 0 aliphatic heterocycles. The molecule has 2 aromatic rings. The quantitative estimate of drug-likeness (QED) is 0.766. The summed E-state index contributed by atoms with van der Waals surface area (Å²) in [6.45, 7) is -5.22. The first-order valence-corrected chi connectivity index (χ1v) is 6.58. The zero-order valence-electron chi connectivity index (χ0n) is 12.2. The van der Waals surface area contributed by atoms with E-state index in [9.17, 15) is 12.9 Å². The second-order valence-corrected chi connectivity index (χ2v) is 4.58. The maximum Gasteiger partial charge on any atom is 0.513 e. The van der Waals surface area contributed by atoms with Gasteiger partial charge in [-0.05, 0) is 24.3 Å². The van der Waals surface area contributed by atoms with Gasteiger partial charge in [-0.2, -0.15) is 0 Å². The lowest BCUT2D eigenvalue weighted by Crippen LogP contribution is -2.35. The monoisotopic (exact) mass is 311 g/mol. The zero-order valence-corrected chi connectivity index (χ0v) is 12.2. The van der Waals surface area contributed by atoms with Crippen molar-refractivity contribution in [1.82, 2.24) is 0 Å². The predicted octanol–water partition coefficient (Wildman–Crippen LogP) is 3.34. The average Bonchev–Trinajstić information content (AvgIpc) is 2.52. The third-order valence-corrected chi connectivity index (χ3v) is 3.15. The van der Waals surface area contributed by atoms with E-state index in [1.165, 1.54) is 26.4 Å². The van der Waals surface area contributed by atoms with Gasteiger partial charge in [-0.3, -0.25) is 0 Å². The van der Waals surface area contributed by atoms with Crippen LogP contribution in [0.15, 0.2) is 42.5 Å². The summed E-state index contributed by atoms with van der Waals surface area (Å²) in [5.41, 5.74) is -0.143. The van der Waals surface area contributed by atoms with Gasteiger partial charge < -0.3 is 27.2 Å². The summed E-state index contributed by atoms with van der Waals surface area (Å²) < 4.78 is 54.8. The molecular weight excluding hydrogens is 296 g/mol. The van der Waals surface area contributed by atoms with E-state index in [0.29, 0.717) is 11.3 Å². The molecule has 2 aromatic carbocycles. The number of para-hydroxylation sites is 1.